The number of thiazole rings is 1. The van der Waals surface area contributed by atoms with E-state index >= 15 is 0 Å². The molecule has 0 bridgehead atoms. The maximum atomic E-state index is 13.3. The first-order valence-electron chi connectivity index (χ1n) is 8.11. The van der Waals surface area contributed by atoms with Crippen molar-refractivity contribution in [2.75, 3.05) is 0 Å². The van der Waals surface area contributed by atoms with E-state index in [4.69, 9.17) is 5.14 Å². The molecule has 0 fully saturated rings. The number of fused-ring (bicyclic) bond motifs is 1. The maximum absolute atomic E-state index is 13.3. The lowest BCUT2D eigenvalue weighted by Gasteiger charge is -2.06. The number of nitrogens with zero attached hydrogens (tertiary/aromatic N) is 3. The van der Waals surface area contributed by atoms with Gasteiger partial charge < -0.3 is 0 Å². The molecule has 144 valence electrons. The van der Waals surface area contributed by atoms with Crippen molar-refractivity contribution in [3.8, 4) is 16.4 Å². The summed E-state index contributed by atoms with van der Waals surface area (Å²) >= 11 is 1.37. The lowest BCUT2D eigenvalue weighted by molar-refractivity contribution is 0.145. The highest BCUT2D eigenvalue weighted by Crippen LogP contribution is 2.34. The fourth-order valence-corrected chi connectivity index (χ4v) is 4.35. The number of aromatic nitrogens is 3. The molecule has 4 aromatic rings. The normalized spacial score (nSPS) is 12.2. The molecule has 0 amide bonds. The summed E-state index contributed by atoms with van der Waals surface area (Å²) in [7, 11) is -3.85. The molecule has 2 N–H and O–H groups in total. The predicted molar refractivity (Wildman–Crippen MR) is 103 cm³/mol. The van der Waals surface area contributed by atoms with E-state index in [9.17, 15) is 17.2 Å². The maximum Gasteiger partial charge on any atom is 0.282 e. The van der Waals surface area contributed by atoms with Gasteiger partial charge in [-0.25, -0.2) is 32.0 Å². The van der Waals surface area contributed by atoms with Crippen molar-refractivity contribution in [1.29, 1.82) is 0 Å². The quantitative estimate of drug-likeness (QED) is 0.539. The molecule has 0 aliphatic carbocycles. The van der Waals surface area contributed by atoms with E-state index < -0.39 is 16.4 Å². The molecule has 0 aliphatic heterocycles. The van der Waals surface area contributed by atoms with Crippen LogP contribution in [0.3, 0.4) is 0 Å². The molecule has 2 heterocycles. The topological polar surface area (TPSA) is 90.9 Å². The van der Waals surface area contributed by atoms with E-state index in [-0.39, 0.29) is 10.6 Å². The van der Waals surface area contributed by atoms with Crippen LogP contribution in [0.15, 0.2) is 53.4 Å². The van der Waals surface area contributed by atoms with Crippen LogP contribution in [-0.2, 0) is 10.0 Å². The van der Waals surface area contributed by atoms with Gasteiger partial charge in [-0.3, -0.25) is 0 Å². The SMILES string of the molecule is Cc1ccc2nc(-c3cc(C(F)F)nn3-c3ccc(S(N)(=O)=O)cc3)sc2c1. The number of rotatable bonds is 4. The van der Waals surface area contributed by atoms with Crippen LogP contribution in [-0.4, -0.2) is 23.2 Å². The Kier molecular flexibility index (Phi) is 4.48. The van der Waals surface area contributed by atoms with Gasteiger partial charge in [-0.15, -0.1) is 11.3 Å². The zero-order valence-electron chi connectivity index (χ0n) is 14.5. The number of alkyl halides is 2. The van der Waals surface area contributed by atoms with Crippen LogP contribution >= 0.6 is 11.3 Å². The van der Waals surface area contributed by atoms with Crippen LogP contribution in [0.1, 0.15) is 17.7 Å². The molecule has 0 aliphatic rings. The number of primary sulfonamides is 1. The zero-order chi connectivity index (χ0) is 20.1. The molecule has 0 unspecified atom stereocenters. The van der Waals surface area contributed by atoms with Crippen molar-refractivity contribution in [1.82, 2.24) is 14.8 Å². The Morgan fingerprint density at radius 2 is 1.82 bits per heavy atom. The lowest BCUT2D eigenvalue weighted by atomic mass is 10.2. The number of benzene rings is 2. The van der Waals surface area contributed by atoms with Gasteiger partial charge in [0.05, 0.1) is 20.8 Å². The molecule has 28 heavy (non-hydrogen) atoms. The van der Waals surface area contributed by atoms with Gasteiger partial charge in [-0.2, -0.15) is 5.10 Å². The van der Waals surface area contributed by atoms with E-state index in [0.29, 0.717) is 16.4 Å². The van der Waals surface area contributed by atoms with Gasteiger partial charge in [0.2, 0.25) is 10.0 Å². The van der Waals surface area contributed by atoms with E-state index in [0.717, 1.165) is 15.8 Å². The fraction of sp³-hybridized carbons (Fsp3) is 0.111. The molecule has 2 aromatic carbocycles. The van der Waals surface area contributed by atoms with Crippen LogP contribution in [0.25, 0.3) is 26.6 Å². The molecule has 0 saturated carbocycles. The molecular weight excluding hydrogens is 406 g/mol. The summed E-state index contributed by atoms with van der Waals surface area (Å²) in [5.74, 6) is 0. The number of halogens is 2. The minimum Gasteiger partial charge on any atom is -0.234 e. The molecule has 0 saturated heterocycles. The Hall–Kier alpha value is -2.69. The second-order valence-corrected chi connectivity index (χ2v) is 8.79. The summed E-state index contributed by atoms with van der Waals surface area (Å²) < 4.78 is 51.7. The van der Waals surface area contributed by atoms with Crippen molar-refractivity contribution in [3.63, 3.8) is 0 Å². The van der Waals surface area contributed by atoms with Gasteiger partial charge in [0.15, 0.2) is 0 Å². The fourth-order valence-electron chi connectivity index (χ4n) is 2.77. The molecule has 4 rings (SSSR count). The third-order valence-corrected chi connectivity index (χ3v) is 6.09. The highest BCUT2D eigenvalue weighted by Gasteiger charge is 2.20. The number of aryl methyl sites for hydroxylation is 1. The monoisotopic (exact) mass is 420 g/mol. The summed E-state index contributed by atoms with van der Waals surface area (Å²) in [6.07, 6.45) is -2.75. The Labute approximate surface area is 163 Å². The summed E-state index contributed by atoms with van der Waals surface area (Å²) in [4.78, 5) is 4.46. The minimum atomic E-state index is -3.85. The molecule has 0 atom stereocenters. The van der Waals surface area contributed by atoms with E-state index in [1.165, 1.54) is 46.4 Å². The first kappa shape index (κ1) is 18.7. The number of nitrogens with two attached hydrogens (primary N) is 1. The van der Waals surface area contributed by atoms with Crippen molar-refractivity contribution in [2.24, 2.45) is 5.14 Å². The van der Waals surface area contributed by atoms with Crippen molar-refractivity contribution >= 4 is 31.6 Å². The Balaban J connectivity index is 1.87. The largest absolute Gasteiger partial charge is 0.282 e. The molecule has 10 heteroatoms. The van der Waals surface area contributed by atoms with Crippen LogP contribution in [0.4, 0.5) is 8.78 Å². The van der Waals surface area contributed by atoms with Crippen LogP contribution in [0.2, 0.25) is 0 Å². The first-order valence-corrected chi connectivity index (χ1v) is 10.5. The van der Waals surface area contributed by atoms with Gasteiger partial charge in [-0.05, 0) is 55.0 Å². The number of hydrogen-bond acceptors (Lipinski definition) is 5. The summed E-state index contributed by atoms with van der Waals surface area (Å²) in [5, 5.41) is 9.63. The standard InChI is InChI=1S/C18H14F2N4O2S2/c1-10-2-7-13-16(8-10)27-18(22-13)15-9-14(17(19)20)23-24(15)11-3-5-12(6-4-11)28(21,25)26/h2-9,17H,1H3,(H2,21,25,26). The second-order valence-electron chi connectivity index (χ2n) is 6.20. The Bertz CT molecular complexity index is 1280. The van der Waals surface area contributed by atoms with E-state index in [1.807, 2.05) is 25.1 Å². The molecule has 0 spiro atoms. The van der Waals surface area contributed by atoms with E-state index in [1.54, 1.807) is 0 Å². The van der Waals surface area contributed by atoms with Crippen molar-refractivity contribution in [2.45, 2.75) is 18.2 Å². The van der Waals surface area contributed by atoms with Gasteiger partial charge in [0.1, 0.15) is 16.4 Å². The average molecular weight is 420 g/mol. The highest BCUT2D eigenvalue weighted by molar-refractivity contribution is 7.89. The van der Waals surface area contributed by atoms with Gasteiger partial charge in [0, 0.05) is 0 Å². The Morgan fingerprint density at radius 3 is 2.46 bits per heavy atom. The highest BCUT2D eigenvalue weighted by atomic mass is 32.2. The summed E-state index contributed by atoms with van der Waals surface area (Å²) in [6, 6.07) is 12.6. The van der Waals surface area contributed by atoms with Crippen molar-refractivity contribution < 1.29 is 17.2 Å². The van der Waals surface area contributed by atoms with Gasteiger partial charge in [-0.1, -0.05) is 6.07 Å². The Morgan fingerprint density at radius 1 is 1.11 bits per heavy atom. The second kappa shape index (κ2) is 6.73. The van der Waals surface area contributed by atoms with Gasteiger partial charge >= 0.3 is 0 Å². The molecule has 0 radical (unpaired) electrons. The smallest absolute Gasteiger partial charge is 0.234 e. The van der Waals surface area contributed by atoms with Crippen LogP contribution in [0, 0.1) is 6.92 Å². The molecule has 6 nitrogen and oxygen atoms in total. The summed E-state index contributed by atoms with van der Waals surface area (Å²) in [5.41, 5.74) is 2.27. The average Bonchev–Trinajstić information content (AvgIpc) is 3.24. The van der Waals surface area contributed by atoms with Crippen LogP contribution in [0.5, 0.6) is 0 Å². The molecular formula is C18H14F2N4O2S2. The van der Waals surface area contributed by atoms with Crippen LogP contribution < -0.4 is 5.14 Å². The minimum absolute atomic E-state index is 0.0745. The third kappa shape index (κ3) is 3.41. The number of hydrogen-bond donors (Lipinski definition) is 1. The number of sulfonamides is 1. The lowest BCUT2D eigenvalue weighted by Crippen LogP contribution is -2.12. The zero-order valence-corrected chi connectivity index (χ0v) is 16.1. The van der Waals surface area contributed by atoms with Gasteiger partial charge in [0.25, 0.3) is 6.43 Å². The third-order valence-electron chi connectivity index (χ3n) is 4.12. The molecule has 2 aromatic heterocycles. The predicted octanol–water partition coefficient (Wildman–Crippen LogP) is 4.04. The first-order chi connectivity index (χ1) is 13.2. The summed E-state index contributed by atoms with van der Waals surface area (Å²) in [6.45, 7) is 1.96. The van der Waals surface area contributed by atoms with Crippen molar-refractivity contribution in [3.05, 3.63) is 59.8 Å². The van der Waals surface area contributed by atoms with E-state index in [2.05, 4.69) is 10.1 Å².